The number of carbonyl (C=O) groups is 1. The first-order chi connectivity index (χ1) is 9.20. The topological polar surface area (TPSA) is 39.4 Å². The molecule has 19 heavy (non-hydrogen) atoms. The van der Waals surface area contributed by atoms with Crippen LogP contribution in [0.15, 0.2) is 28.9 Å². The normalized spacial score (nSPS) is 10.8. The van der Waals surface area contributed by atoms with Crippen molar-refractivity contribution in [3.05, 3.63) is 35.6 Å². The summed E-state index contributed by atoms with van der Waals surface area (Å²) in [6.45, 7) is 4.58. The number of hydrogen-bond donors (Lipinski definition) is 0. The molecule has 0 aliphatic heterocycles. The fraction of sp³-hybridized carbons (Fsp3) is 0.400. The molecule has 0 spiro atoms. The van der Waals surface area contributed by atoms with Crippen molar-refractivity contribution in [1.29, 1.82) is 0 Å². The molecule has 102 valence electrons. The Balaban J connectivity index is 1.95. The van der Waals surface area contributed by atoms with Crippen LogP contribution in [0.5, 0.6) is 0 Å². The smallest absolute Gasteiger partial charge is 0.310 e. The first-order valence-corrected chi connectivity index (χ1v) is 7.56. The zero-order valence-electron chi connectivity index (χ0n) is 11.3. The second kappa shape index (κ2) is 6.66. The molecule has 0 aliphatic rings. The number of fused-ring (bicyclic) bond motifs is 1. The largest absolute Gasteiger partial charge is 0.465 e. The van der Waals surface area contributed by atoms with Crippen molar-refractivity contribution in [2.45, 2.75) is 20.3 Å². The Kier molecular flexibility index (Phi) is 4.91. The standard InChI is InChI=1S/C15H18O3S/c1-3-19-7-6-17-15(16)9-12-10-18-14-8-11(2)4-5-13(12)14/h4-5,8,10H,3,6-7,9H2,1-2H3. The van der Waals surface area contributed by atoms with Crippen LogP contribution in [0.3, 0.4) is 0 Å². The van der Waals surface area contributed by atoms with Crippen LogP contribution < -0.4 is 0 Å². The Morgan fingerprint density at radius 2 is 2.26 bits per heavy atom. The fourth-order valence-electron chi connectivity index (χ4n) is 1.89. The van der Waals surface area contributed by atoms with Gasteiger partial charge in [0.2, 0.25) is 0 Å². The van der Waals surface area contributed by atoms with E-state index >= 15 is 0 Å². The zero-order valence-corrected chi connectivity index (χ0v) is 12.1. The molecule has 4 heteroatoms. The highest BCUT2D eigenvalue weighted by Gasteiger charge is 2.11. The highest BCUT2D eigenvalue weighted by molar-refractivity contribution is 7.99. The molecule has 1 aromatic heterocycles. The third-order valence-electron chi connectivity index (χ3n) is 2.84. The van der Waals surface area contributed by atoms with Crippen molar-refractivity contribution in [1.82, 2.24) is 0 Å². The van der Waals surface area contributed by atoms with E-state index in [2.05, 4.69) is 6.92 Å². The number of benzene rings is 1. The molecule has 2 rings (SSSR count). The zero-order chi connectivity index (χ0) is 13.7. The summed E-state index contributed by atoms with van der Waals surface area (Å²) >= 11 is 1.77. The van der Waals surface area contributed by atoms with Crippen molar-refractivity contribution < 1.29 is 13.9 Å². The van der Waals surface area contributed by atoms with E-state index in [-0.39, 0.29) is 12.4 Å². The number of thioether (sulfide) groups is 1. The third-order valence-corrected chi connectivity index (χ3v) is 3.70. The molecular formula is C15H18O3S. The maximum atomic E-state index is 11.7. The molecule has 3 nitrogen and oxygen atoms in total. The van der Waals surface area contributed by atoms with Crippen LogP contribution in [0.2, 0.25) is 0 Å². The van der Waals surface area contributed by atoms with E-state index in [1.54, 1.807) is 18.0 Å². The average molecular weight is 278 g/mol. The molecule has 0 unspecified atom stereocenters. The lowest BCUT2D eigenvalue weighted by Crippen LogP contribution is -2.10. The third kappa shape index (κ3) is 3.77. The van der Waals surface area contributed by atoms with Gasteiger partial charge in [-0.1, -0.05) is 19.1 Å². The van der Waals surface area contributed by atoms with Crippen LogP contribution in [0, 0.1) is 6.92 Å². The minimum atomic E-state index is -0.194. The van der Waals surface area contributed by atoms with Crippen LogP contribution in [0.4, 0.5) is 0 Å². The maximum Gasteiger partial charge on any atom is 0.310 e. The van der Waals surface area contributed by atoms with Crippen molar-refractivity contribution in [3.8, 4) is 0 Å². The van der Waals surface area contributed by atoms with E-state index in [4.69, 9.17) is 9.15 Å². The van der Waals surface area contributed by atoms with Gasteiger partial charge in [0.1, 0.15) is 12.2 Å². The fourth-order valence-corrected chi connectivity index (χ4v) is 2.38. The van der Waals surface area contributed by atoms with Crippen molar-refractivity contribution in [2.75, 3.05) is 18.1 Å². The molecule has 1 aromatic carbocycles. The first-order valence-electron chi connectivity index (χ1n) is 6.41. The quantitative estimate of drug-likeness (QED) is 0.598. The van der Waals surface area contributed by atoms with Crippen molar-refractivity contribution in [2.24, 2.45) is 0 Å². The minimum absolute atomic E-state index is 0.194. The van der Waals surface area contributed by atoms with Crippen LogP contribution >= 0.6 is 11.8 Å². The molecule has 0 atom stereocenters. The predicted molar refractivity (Wildman–Crippen MR) is 78.6 cm³/mol. The van der Waals surface area contributed by atoms with E-state index < -0.39 is 0 Å². The van der Waals surface area contributed by atoms with Gasteiger partial charge in [-0.2, -0.15) is 11.8 Å². The summed E-state index contributed by atoms with van der Waals surface area (Å²) in [6, 6.07) is 5.98. The van der Waals surface area contributed by atoms with E-state index in [0.29, 0.717) is 6.61 Å². The lowest BCUT2D eigenvalue weighted by Gasteiger charge is -2.03. The molecule has 2 aromatic rings. The summed E-state index contributed by atoms with van der Waals surface area (Å²) in [5.74, 6) is 1.71. The molecule has 1 heterocycles. The van der Waals surface area contributed by atoms with Gasteiger partial charge in [-0.15, -0.1) is 0 Å². The average Bonchev–Trinajstić information content (AvgIpc) is 2.77. The van der Waals surface area contributed by atoms with Gasteiger partial charge in [0, 0.05) is 16.7 Å². The van der Waals surface area contributed by atoms with Gasteiger partial charge in [-0.3, -0.25) is 4.79 Å². The molecule has 0 bridgehead atoms. The van der Waals surface area contributed by atoms with Crippen molar-refractivity contribution >= 4 is 28.7 Å². The summed E-state index contributed by atoms with van der Waals surface area (Å²) in [5, 5.41) is 0.991. The molecule has 0 fully saturated rings. The number of ether oxygens (including phenoxy) is 1. The monoisotopic (exact) mass is 278 g/mol. The second-order valence-electron chi connectivity index (χ2n) is 4.35. The predicted octanol–water partition coefficient (Wildman–Crippen LogP) is 3.58. The maximum absolute atomic E-state index is 11.7. The Morgan fingerprint density at radius 3 is 3.05 bits per heavy atom. The molecule has 0 radical (unpaired) electrons. The van der Waals surface area contributed by atoms with Gasteiger partial charge >= 0.3 is 5.97 Å². The second-order valence-corrected chi connectivity index (χ2v) is 5.75. The number of rotatable bonds is 6. The SMILES string of the molecule is CCSCCOC(=O)Cc1coc2cc(C)ccc12. The minimum Gasteiger partial charge on any atom is -0.465 e. The van der Waals surface area contributed by atoms with Gasteiger partial charge in [-0.05, 0) is 24.3 Å². The highest BCUT2D eigenvalue weighted by Crippen LogP contribution is 2.22. The first kappa shape index (κ1) is 14.0. The summed E-state index contributed by atoms with van der Waals surface area (Å²) in [7, 11) is 0. The molecule has 0 aliphatic carbocycles. The number of carbonyl (C=O) groups excluding carboxylic acids is 1. The van der Waals surface area contributed by atoms with Gasteiger partial charge in [-0.25, -0.2) is 0 Å². The van der Waals surface area contributed by atoms with E-state index in [9.17, 15) is 4.79 Å². The lowest BCUT2D eigenvalue weighted by atomic mass is 10.1. The summed E-state index contributed by atoms with van der Waals surface area (Å²) in [6.07, 6.45) is 1.92. The Labute approximate surface area is 117 Å². The van der Waals surface area contributed by atoms with E-state index in [0.717, 1.165) is 33.6 Å². The lowest BCUT2D eigenvalue weighted by molar-refractivity contribution is -0.142. The molecule has 0 saturated carbocycles. The summed E-state index contributed by atoms with van der Waals surface area (Å²) < 4.78 is 10.7. The Hall–Kier alpha value is -1.42. The van der Waals surface area contributed by atoms with Crippen LogP contribution in [0.1, 0.15) is 18.1 Å². The van der Waals surface area contributed by atoms with Gasteiger partial charge in [0.15, 0.2) is 0 Å². The molecule has 0 saturated heterocycles. The number of furan rings is 1. The van der Waals surface area contributed by atoms with E-state index in [1.165, 1.54) is 0 Å². The molecular weight excluding hydrogens is 260 g/mol. The van der Waals surface area contributed by atoms with Gasteiger partial charge < -0.3 is 9.15 Å². The van der Waals surface area contributed by atoms with Crippen LogP contribution in [-0.2, 0) is 16.0 Å². The number of esters is 1. The summed E-state index contributed by atoms with van der Waals surface area (Å²) in [5.41, 5.74) is 2.86. The van der Waals surface area contributed by atoms with Crippen molar-refractivity contribution in [3.63, 3.8) is 0 Å². The van der Waals surface area contributed by atoms with Gasteiger partial charge in [0.25, 0.3) is 0 Å². The summed E-state index contributed by atoms with van der Waals surface area (Å²) in [4.78, 5) is 11.7. The highest BCUT2D eigenvalue weighted by atomic mass is 32.2. The molecule has 0 N–H and O–H groups in total. The van der Waals surface area contributed by atoms with Crippen LogP contribution in [-0.4, -0.2) is 24.1 Å². The van der Waals surface area contributed by atoms with E-state index in [1.807, 2.05) is 25.1 Å². The Bertz CT molecular complexity index is 560. The van der Waals surface area contributed by atoms with Gasteiger partial charge in [0.05, 0.1) is 12.7 Å². The number of hydrogen-bond acceptors (Lipinski definition) is 4. The number of aryl methyl sites for hydroxylation is 1. The Morgan fingerprint density at radius 1 is 1.42 bits per heavy atom. The molecule has 0 amide bonds. The van der Waals surface area contributed by atoms with Crippen LogP contribution in [0.25, 0.3) is 11.0 Å².